The third-order valence-corrected chi connectivity index (χ3v) is 4.16. The molecule has 106 valence electrons. The van der Waals surface area contributed by atoms with Crippen molar-refractivity contribution >= 4 is 17.9 Å². The van der Waals surface area contributed by atoms with Gasteiger partial charge in [0.25, 0.3) is 0 Å². The molecule has 2 rings (SSSR count). The number of imide groups is 1. The van der Waals surface area contributed by atoms with Gasteiger partial charge in [0.15, 0.2) is 0 Å². The van der Waals surface area contributed by atoms with Crippen molar-refractivity contribution in [1.29, 1.82) is 0 Å². The standard InChI is InChI=1S/C13H20N2O4/c1-8(9-5-3-2-4-6-9)14-13(19)15-10(12(17)18)7-11(15)16/h8-10H,2-7H2,1H3,(H,14,19)(H,17,18)/t8-,10?/m1/s1. The number of β-lactam (4-membered cyclic amide) rings is 1. The maximum atomic E-state index is 11.9. The highest BCUT2D eigenvalue weighted by atomic mass is 16.4. The predicted octanol–water partition coefficient (Wildman–Crippen LogP) is 1.35. The fourth-order valence-corrected chi connectivity index (χ4v) is 2.89. The summed E-state index contributed by atoms with van der Waals surface area (Å²) in [7, 11) is 0. The molecule has 0 aromatic rings. The lowest BCUT2D eigenvalue weighted by atomic mass is 9.84. The van der Waals surface area contributed by atoms with E-state index in [0.29, 0.717) is 5.92 Å². The molecule has 3 amide bonds. The number of urea groups is 1. The molecule has 1 aliphatic heterocycles. The first-order chi connectivity index (χ1) is 9.00. The quantitative estimate of drug-likeness (QED) is 0.756. The Labute approximate surface area is 112 Å². The van der Waals surface area contributed by atoms with E-state index in [-0.39, 0.29) is 12.5 Å². The summed E-state index contributed by atoms with van der Waals surface area (Å²) in [6.45, 7) is 1.92. The van der Waals surface area contributed by atoms with Crippen LogP contribution in [0.5, 0.6) is 0 Å². The monoisotopic (exact) mass is 268 g/mol. The summed E-state index contributed by atoms with van der Waals surface area (Å²) in [6, 6.07) is -1.58. The normalized spacial score (nSPS) is 25.6. The van der Waals surface area contributed by atoms with E-state index in [1.54, 1.807) is 0 Å². The van der Waals surface area contributed by atoms with Crippen LogP contribution in [0.1, 0.15) is 45.4 Å². The van der Waals surface area contributed by atoms with Crippen LogP contribution in [0.25, 0.3) is 0 Å². The number of likely N-dealkylation sites (tertiary alicyclic amines) is 1. The summed E-state index contributed by atoms with van der Waals surface area (Å²) in [5, 5.41) is 11.6. The predicted molar refractivity (Wildman–Crippen MR) is 67.5 cm³/mol. The molecule has 1 saturated heterocycles. The average Bonchev–Trinajstić information content (AvgIpc) is 2.36. The molecule has 1 unspecified atom stereocenters. The first-order valence-electron chi connectivity index (χ1n) is 6.86. The van der Waals surface area contributed by atoms with Gasteiger partial charge in [-0.3, -0.25) is 4.79 Å². The number of aliphatic carboxylic acids is 1. The lowest BCUT2D eigenvalue weighted by Crippen LogP contribution is -2.63. The molecule has 1 heterocycles. The Morgan fingerprint density at radius 1 is 1.32 bits per heavy atom. The number of carboxylic acid groups (broad SMARTS) is 1. The molecule has 2 atom stereocenters. The summed E-state index contributed by atoms with van der Waals surface area (Å²) in [5.74, 6) is -1.11. The molecule has 0 radical (unpaired) electrons. The lowest BCUT2D eigenvalue weighted by Gasteiger charge is -2.37. The number of carbonyl (C=O) groups is 3. The van der Waals surface area contributed by atoms with Gasteiger partial charge in [0.1, 0.15) is 6.04 Å². The number of carboxylic acids is 1. The summed E-state index contributed by atoms with van der Waals surface area (Å²) in [5.41, 5.74) is 0. The van der Waals surface area contributed by atoms with Gasteiger partial charge in [-0.1, -0.05) is 19.3 Å². The van der Waals surface area contributed by atoms with Crippen LogP contribution < -0.4 is 5.32 Å². The van der Waals surface area contributed by atoms with Crippen molar-refractivity contribution in [3.8, 4) is 0 Å². The van der Waals surface area contributed by atoms with Crippen molar-refractivity contribution in [3.63, 3.8) is 0 Å². The number of nitrogens with zero attached hydrogens (tertiary/aromatic N) is 1. The Bertz CT molecular complexity index is 390. The first kappa shape index (κ1) is 13.8. The van der Waals surface area contributed by atoms with E-state index in [2.05, 4.69) is 5.32 Å². The third kappa shape index (κ3) is 2.88. The zero-order valence-electron chi connectivity index (χ0n) is 11.1. The Hall–Kier alpha value is -1.59. The van der Waals surface area contributed by atoms with Crippen LogP contribution in [-0.2, 0) is 9.59 Å². The number of hydrogen-bond donors (Lipinski definition) is 2. The highest BCUT2D eigenvalue weighted by Crippen LogP contribution is 2.27. The first-order valence-corrected chi connectivity index (χ1v) is 6.86. The van der Waals surface area contributed by atoms with E-state index < -0.39 is 23.9 Å². The van der Waals surface area contributed by atoms with E-state index >= 15 is 0 Å². The number of carbonyl (C=O) groups excluding carboxylic acids is 2. The molecule has 0 bridgehead atoms. The second kappa shape index (κ2) is 5.59. The highest BCUT2D eigenvalue weighted by Gasteiger charge is 2.46. The summed E-state index contributed by atoms with van der Waals surface area (Å²) >= 11 is 0. The van der Waals surface area contributed by atoms with Crippen LogP contribution in [0.3, 0.4) is 0 Å². The zero-order valence-corrected chi connectivity index (χ0v) is 11.1. The van der Waals surface area contributed by atoms with Gasteiger partial charge in [0.2, 0.25) is 5.91 Å². The van der Waals surface area contributed by atoms with Gasteiger partial charge in [0, 0.05) is 6.04 Å². The number of amides is 3. The van der Waals surface area contributed by atoms with Crippen LogP contribution in [0.4, 0.5) is 4.79 Å². The van der Waals surface area contributed by atoms with Crippen LogP contribution in [0, 0.1) is 5.92 Å². The van der Waals surface area contributed by atoms with Crippen LogP contribution in [0.2, 0.25) is 0 Å². The summed E-state index contributed by atoms with van der Waals surface area (Å²) in [6.07, 6.45) is 5.66. The van der Waals surface area contributed by atoms with Crippen molar-refractivity contribution in [3.05, 3.63) is 0 Å². The largest absolute Gasteiger partial charge is 0.480 e. The SMILES string of the molecule is C[C@@H](NC(=O)N1C(=O)CC1C(=O)O)C1CCCCC1. The lowest BCUT2D eigenvalue weighted by molar-refractivity contribution is -0.157. The van der Waals surface area contributed by atoms with Crippen LogP contribution in [-0.4, -0.2) is 40.0 Å². The Morgan fingerprint density at radius 2 is 1.95 bits per heavy atom. The maximum Gasteiger partial charge on any atom is 0.327 e. The number of nitrogens with one attached hydrogen (secondary N) is 1. The van der Waals surface area contributed by atoms with Gasteiger partial charge in [-0.05, 0) is 25.7 Å². The highest BCUT2D eigenvalue weighted by molar-refractivity contribution is 6.05. The van der Waals surface area contributed by atoms with Gasteiger partial charge in [-0.2, -0.15) is 0 Å². The van der Waals surface area contributed by atoms with E-state index in [9.17, 15) is 14.4 Å². The van der Waals surface area contributed by atoms with Gasteiger partial charge >= 0.3 is 12.0 Å². The minimum Gasteiger partial charge on any atom is -0.480 e. The average molecular weight is 268 g/mol. The maximum absolute atomic E-state index is 11.9. The second-order valence-electron chi connectivity index (χ2n) is 5.46. The molecule has 6 nitrogen and oxygen atoms in total. The topological polar surface area (TPSA) is 86.7 Å². The fourth-order valence-electron chi connectivity index (χ4n) is 2.89. The minimum atomic E-state index is -1.12. The Kier molecular flexibility index (Phi) is 4.07. The Balaban J connectivity index is 1.89. The molecule has 0 aromatic heterocycles. The van der Waals surface area contributed by atoms with E-state index in [1.807, 2.05) is 6.92 Å². The molecular weight excluding hydrogens is 248 g/mol. The minimum absolute atomic E-state index is 0.0179. The van der Waals surface area contributed by atoms with Gasteiger partial charge in [-0.15, -0.1) is 0 Å². The van der Waals surface area contributed by atoms with Crippen molar-refractivity contribution in [2.75, 3.05) is 0 Å². The van der Waals surface area contributed by atoms with Gasteiger partial charge in [-0.25, -0.2) is 14.5 Å². The molecule has 1 saturated carbocycles. The third-order valence-electron chi connectivity index (χ3n) is 4.16. The molecule has 2 aliphatic rings. The molecule has 6 heteroatoms. The molecule has 0 spiro atoms. The van der Waals surface area contributed by atoms with Gasteiger partial charge in [0.05, 0.1) is 6.42 Å². The van der Waals surface area contributed by atoms with E-state index in [4.69, 9.17) is 5.11 Å². The van der Waals surface area contributed by atoms with Gasteiger partial charge < -0.3 is 10.4 Å². The summed E-state index contributed by atoms with van der Waals surface area (Å²) < 4.78 is 0. The van der Waals surface area contributed by atoms with Crippen LogP contribution in [0.15, 0.2) is 0 Å². The molecule has 0 aromatic carbocycles. The van der Waals surface area contributed by atoms with E-state index in [0.717, 1.165) is 17.7 Å². The molecule has 2 fully saturated rings. The molecule has 19 heavy (non-hydrogen) atoms. The number of rotatable bonds is 3. The second-order valence-corrected chi connectivity index (χ2v) is 5.46. The van der Waals surface area contributed by atoms with E-state index in [1.165, 1.54) is 19.3 Å². The molecule has 2 N–H and O–H groups in total. The summed E-state index contributed by atoms with van der Waals surface area (Å²) in [4.78, 5) is 35.0. The molecule has 1 aliphatic carbocycles. The molecular formula is C13H20N2O4. The van der Waals surface area contributed by atoms with Crippen molar-refractivity contribution in [2.45, 2.75) is 57.5 Å². The fraction of sp³-hybridized carbons (Fsp3) is 0.769. The zero-order chi connectivity index (χ0) is 14.0. The number of hydrogen-bond acceptors (Lipinski definition) is 3. The van der Waals surface area contributed by atoms with Crippen molar-refractivity contribution in [2.24, 2.45) is 5.92 Å². The Morgan fingerprint density at radius 3 is 2.47 bits per heavy atom. The van der Waals surface area contributed by atoms with Crippen molar-refractivity contribution < 1.29 is 19.5 Å². The van der Waals surface area contributed by atoms with Crippen LogP contribution >= 0.6 is 0 Å². The smallest absolute Gasteiger partial charge is 0.327 e. The van der Waals surface area contributed by atoms with Crippen molar-refractivity contribution in [1.82, 2.24) is 10.2 Å².